The first-order chi connectivity index (χ1) is 6.26. The van der Waals surface area contributed by atoms with Crippen molar-refractivity contribution >= 4 is 26.3 Å². The summed E-state index contributed by atoms with van der Waals surface area (Å²) in [6.45, 7) is 7.22. The second-order valence-corrected chi connectivity index (χ2v) is 4.82. The van der Waals surface area contributed by atoms with E-state index in [1.807, 2.05) is 6.92 Å². The summed E-state index contributed by atoms with van der Waals surface area (Å²) in [5, 5.41) is 11.7. The van der Waals surface area contributed by atoms with Crippen LogP contribution in [0.1, 0.15) is 34.1 Å². The Kier molecular flexibility index (Phi) is 5.16. The molecular weight excluding hydrogens is 249 g/mol. The van der Waals surface area contributed by atoms with Gasteiger partial charge < -0.3 is 0 Å². The normalized spacial score (nSPS) is 13.1. The number of nitrogens with one attached hydrogen (secondary N) is 1. The van der Waals surface area contributed by atoms with Gasteiger partial charge in [-0.3, -0.25) is 0 Å². The summed E-state index contributed by atoms with van der Waals surface area (Å²) in [7, 11) is 0. The second-order valence-electron chi connectivity index (χ2n) is 3.95. The van der Waals surface area contributed by atoms with E-state index in [0.29, 0.717) is 6.42 Å². The molecular formula is C9H17NO3Se. The summed E-state index contributed by atoms with van der Waals surface area (Å²) in [6.07, 6.45) is 0.0871. The van der Waals surface area contributed by atoms with Crippen molar-refractivity contribution in [1.29, 1.82) is 0 Å². The minimum absolute atomic E-state index is 0.0679. The molecule has 5 heteroatoms. The Balaban J connectivity index is 4.11. The van der Waals surface area contributed by atoms with Crippen molar-refractivity contribution in [3.05, 3.63) is 0 Å². The van der Waals surface area contributed by atoms with Gasteiger partial charge in [0.25, 0.3) is 0 Å². The fraction of sp³-hybridized carbons (Fsp3) is 0.778. The summed E-state index contributed by atoms with van der Waals surface area (Å²) in [5.74, 6) is 0. The number of ether oxygens (including phenoxy) is 1. The molecule has 0 saturated carbocycles. The van der Waals surface area contributed by atoms with Crippen molar-refractivity contribution in [2.24, 2.45) is 0 Å². The van der Waals surface area contributed by atoms with Crippen molar-refractivity contribution in [2.45, 2.75) is 45.8 Å². The molecule has 0 radical (unpaired) electrons. The number of alkyl carbamates (subject to hydrolysis) is 1. The zero-order valence-corrected chi connectivity index (χ0v) is 10.7. The van der Waals surface area contributed by atoms with Gasteiger partial charge in [-0.1, -0.05) is 0 Å². The molecule has 0 aliphatic carbocycles. The SMILES string of the molecule is CCC(NC(=O)OC(C)(C)C)C(O)=[Se]. The van der Waals surface area contributed by atoms with Gasteiger partial charge in [0.05, 0.1) is 0 Å². The molecule has 0 saturated heterocycles. The number of carbonyl (C=O) groups excluding carboxylic acids is 1. The predicted octanol–water partition coefficient (Wildman–Crippen LogP) is 0.961. The number of hydrogen-bond acceptors (Lipinski definition) is 3. The first-order valence-corrected chi connectivity index (χ1v) is 5.34. The number of carbonyl (C=O) groups is 1. The van der Waals surface area contributed by atoms with Gasteiger partial charge in [-0.25, -0.2) is 0 Å². The van der Waals surface area contributed by atoms with E-state index in [9.17, 15) is 4.79 Å². The van der Waals surface area contributed by atoms with Crippen LogP contribution in [-0.4, -0.2) is 43.0 Å². The summed E-state index contributed by atoms with van der Waals surface area (Å²) in [5.41, 5.74) is -0.518. The molecule has 1 unspecified atom stereocenters. The number of rotatable bonds is 3. The monoisotopic (exact) mass is 267 g/mol. The standard InChI is InChI=1S/C9H17NO3Se/c1-5-6(7(11)14)10-8(12)13-9(2,3)4/h6H,5H2,1-4H3,(H,10,12)(H,11,14). The maximum atomic E-state index is 11.3. The summed E-state index contributed by atoms with van der Waals surface area (Å²) in [6, 6.07) is -0.384. The van der Waals surface area contributed by atoms with Gasteiger partial charge in [0, 0.05) is 0 Å². The van der Waals surface area contributed by atoms with Gasteiger partial charge in [-0.15, -0.1) is 0 Å². The average Bonchev–Trinajstić information content (AvgIpc) is 1.96. The Morgan fingerprint density at radius 3 is 2.36 bits per heavy atom. The fourth-order valence-corrected chi connectivity index (χ4v) is 1.26. The Morgan fingerprint density at radius 2 is 2.07 bits per heavy atom. The molecule has 0 rings (SSSR count). The molecule has 0 aromatic rings. The van der Waals surface area contributed by atoms with Crippen LogP contribution in [0.3, 0.4) is 0 Å². The van der Waals surface area contributed by atoms with Gasteiger partial charge >= 0.3 is 92.0 Å². The van der Waals surface area contributed by atoms with Crippen LogP contribution in [0.15, 0.2) is 0 Å². The van der Waals surface area contributed by atoms with E-state index in [-0.39, 0.29) is 10.6 Å². The Morgan fingerprint density at radius 1 is 1.57 bits per heavy atom. The summed E-state index contributed by atoms with van der Waals surface area (Å²) < 4.78 is 5.10. The van der Waals surface area contributed by atoms with Crippen LogP contribution in [-0.2, 0) is 4.74 Å². The van der Waals surface area contributed by atoms with Crippen molar-refractivity contribution < 1.29 is 14.6 Å². The molecule has 82 valence electrons. The van der Waals surface area contributed by atoms with E-state index in [0.717, 1.165) is 0 Å². The Hall–Kier alpha value is -0.541. The molecule has 4 nitrogen and oxygen atoms in total. The van der Waals surface area contributed by atoms with Gasteiger partial charge in [0.15, 0.2) is 0 Å². The average molecular weight is 266 g/mol. The molecule has 0 aliphatic heterocycles. The number of hydrogen-bond donors (Lipinski definition) is 2. The zero-order valence-electron chi connectivity index (χ0n) is 8.96. The first-order valence-electron chi connectivity index (χ1n) is 4.48. The molecule has 1 atom stereocenters. The maximum absolute atomic E-state index is 11.3. The van der Waals surface area contributed by atoms with Crippen LogP contribution in [0.5, 0.6) is 0 Å². The molecule has 0 aromatic carbocycles. The third kappa shape index (κ3) is 6.00. The topological polar surface area (TPSA) is 58.6 Å². The van der Waals surface area contributed by atoms with E-state index >= 15 is 0 Å². The quantitative estimate of drug-likeness (QED) is 0.748. The molecule has 0 fully saturated rings. The van der Waals surface area contributed by atoms with E-state index in [1.165, 1.54) is 0 Å². The van der Waals surface area contributed by atoms with Crippen LogP contribution >= 0.6 is 0 Å². The van der Waals surface area contributed by atoms with Gasteiger partial charge in [0.1, 0.15) is 0 Å². The summed E-state index contributed by atoms with van der Waals surface area (Å²) in [4.78, 5) is 11.3. The van der Waals surface area contributed by atoms with Crippen molar-refractivity contribution in [1.82, 2.24) is 5.32 Å². The zero-order chi connectivity index (χ0) is 11.4. The van der Waals surface area contributed by atoms with E-state index in [4.69, 9.17) is 9.84 Å². The number of aliphatic hydroxyl groups is 1. The van der Waals surface area contributed by atoms with Gasteiger partial charge in [-0.2, -0.15) is 0 Å². The first kappa shape index (κ1) is 13.5. The fourth-order valence-electron chi connectivity index (χ4n) is 0.788. The van der Waals surface area contributed by atoms with Crippen molar-refractivity contribution in [3.63, 3.8) is 0 Å². The second kappa shape index (κ2) is 5.37. The van der Waals surface area contributed by atoms with E-state index in [1.54, 1.807) is 20.8 Å². The minimum atomic E-state index is -0.522. The van der Waals surface area contributed by atoms with Crippen LogP contribution in [0.4, 0.5) is 4.79 Å². The predicted molar refractivity (Wildman–Crippen MR) is 56.1 cm³/mol. The number of aliphatic hydroxyl groups excluding tert-OH is 1. The van der Waals surface area contributed by atoms with Crippen molar-refractivity contribution in [3.8, 4) is 0 Å². The van der Waals surface area contributed by atoms with Crippen LogP contribution in [0.2, 0.25) is 0 Å². The number of amides is 1. The van der Waals surface area contributed by atoms with Gasteiger partial charge in [-0.05, 0) is 0 Å². The summed E-state index contributed by atoms with van der Waals surface area (Å²) >= 11 is 2.46. The Bertz CT molecular complexity index is 223. The van der Waals surface area contributed by atoms with Gasteiger partial charge in [0.2, 0.25) is 0 Å². The molecule has 2 N–H and O–H groups in total. The van der Waals surface area contributed by atoms with Crippen LogP contribution in [0.25, 0.3) is 0 Å². The van der Waals surface area contributed by atoms with Crippen LogP contribution < -0.4 is 5.32 Å². The molecule has 0 bridgehead atoms. The van der Waals surface area contributed by atoms with Crippen LogP contribution in [0, 0.1) is 0 Å². The third-order valence-corrected chi connectivity index (χ3v) is 1.99. The third-order valence-electron chi connectivity index (χ3n) is 1.40. The molecule has 0 aliphatic rings. The molecule has 0 aromatic heterocycles. The Labute approximate surface area is 92.4 Å². The van der Waals surface area contributed by atoms with E-state index in [2.05, 4.69) is 20.9 Å². The molecule has 0 spiro atoms. The molecule has 14 heavy (non-hydrogen) atoms. The van der Waals surface area contributed by atoms with E-state index < -0.39 is 11.7 Å². The molecule has 1 amide bonds. The molecule has 0 heterocycles. The van der Waals surface area contributed by atoms with Crippen molar-refractivity contribution in [2.75, 3.05) is 0 Å².